The number of carbonyl (C=O) groups is 1. The molecule has 4 heteroatoms. The minimum absolute atomic E-state index is 0.106. The van der Waals surface area contributed by atoms with Gasteiger partial charge in [-0.25, -0.2) is 0 Å². The number of nitrogens with zero attached hydrogens (tertiary/aromatic N) is 1. The molecule has 1 saturated heterocycles. The summed E-state index contributed by atoms with van der Waals surface area (Å²) < 4.78 is 0. The molecule has 1 aromatic carbocycles. The van der Waals surface area contributed by atoms with Gasteiger partial charge in [-0.05, 0) is 50.1 Å². The molecule has 1 aromatic rings. The third-order valence-corrected chi connectivity index (χ3v) is 3.80. The summed E-state index contributed by atoms with van der Waals surface area (Å²) in [5.74, 6) is 0.106. The normalized spacial score (nSPS) is 18.6. The number of piperidine rings is 1. The van der Waals surface area contributed by atoms with E-state index in [2.05, 4.69) is 10.6 Å². The van der Waals surface area contributed by atoms with Crippen LogP contribution in [0.5, 0.6) is 0 Å². The zero-order valence-corrected chi connectivity index (χ0v) is 12.5. The fourth-order valence-corrected chi connectivity index (χ4v) is 2.54. The van der Waals surface area contributed by atoms with Gasteiger partial charge in [-0.15, -0.1) is 0 Å². The molecule has 0 radical (unpaired) electrons. The summed E-state index contributed by atoms with van der Waals surface area (Å²) in [7, 11) is 4.01. The summed E-state index contributed by atoms with van der Waals surface area (Å²) in [6.45, 7) is 1.10. The molecule has 2 N–H and O–H groups in total. The Morgan fingerprint density at radius 1 is 1.30 bits per heavy atom. The second kappa shape index (κ2) is 7.29. The van der Waals surface area contributed by atoms with Gasteiger partial charge in [-0.2, -0.15) is 0 Å². The second-order valence-electron chi connectivity index (χ2n) is 5.67. The van der Waals surface area contributed by atoms with Crippen molar-refractivity contribution in [1.29, 1.82) is 0 Å². The maximum absolute atomic E-state index is 11.9. The first-order chi connectivity index (χ1) is 9.65. The van der Waals surface area contributed by atoms with Gasteiger partial charge in [0.05, 0.1) is 0 Å². The quantitative estimate of drug-likeness (QED) is 0.868. The molecule has 0 bridgehead atoms. The number of hydrogen-bond donors (Lipinski definition) is 2. The Bertz CT molecular complexity index is 422. The second-order valence-corrected chi connectivity index (χ2v) is 5.67. The van der Waals surface area contributed by atoms with Crippen molar-refractivity contribution in [2.45, 2.75) is 38.1 Å². The molecule has 20 heavy (non-hydrogen) atoms. The van der Waals surface area contributed by atoms with E-state index in [1.54, 1.807) is 0 Å². The molecule has 1 atom stereocenters. The van der Waals surface area contributed by atoms with Gasteiger partial charge in [0.25, 0.3) is 0 Å². The highest BCUT2D eigenvalue weighted by molar-refractivity contribution is 5.90. The molecular formula is C16H25N3O. The topological polar surface area (TPSA) is 44.4 Å². The molecule has 1 aliphatic rings. The monoisotopic (exact) mass is 275 g/mol. The van der Waals surface area contributed by atoms with E-state index in [1.807, 2.05) is 43.3 Å². The van der Waals surface area contributed by atoms with Crippen molar-refractivity contribution in [1.82, 2.24) is 5.32 Å². The number of hydrogen-bond acceptors (Lipinski definition) is 3. The summed E-state index contributed by atoms with van der Waals surface area (Å²) in [5.41, 5.74) is 2.01. The van der Waals surface area contributed by atoms with Crippen LogP contribution in [0.1, 0.15) is 32.1 Å². The number of amides is 1. The van der Waals surface area contributed by atoms with E-state index in [0.717, 1.165) is 24.3 Å². The van der Waals surface area contributed by atoms with E-state index in [4.69, 9.17) is 0 Å². The Morgan fingerprint density at radius 3 is 2.65 bits per heavy atom. The van der Waals surface area contributed by atoms with Crippen molar-refractivity contribution >= 4 is 17.3 Å². The highest BCUT2D eigenvalue weighted by atomic mass is 16.1. The van der Waals surface area contributed by atoms with Crippen LogP contribution in [-0.4, -0.2) is 32.6 Å². The lowest BCUT2D eigenvalue weighted by atomic mass is 10.0. The molecule has 1 amide bonds. The molecule has 1 unspecified atom stereocenters. The molecule has 1 heterocycles. The number of nitrogens with one attached hydrogen (secondary N) is 2. The van der Waals surface area contributed by atoms with Gasteiger partial charge >= 0.3 is 0 Å². The Hall–Kier alpha value is -1.55. The number of benzene rings is 1. The van der Waals surface area contributed by atoms with E-state index < -0.39 is 0 Å². The largest absolute Gasteiger partial charge is 0.378 e. The van der Waals surface area contributed by atoms with Crippen molar-refractivity contribution in [2.75, 3.05) is 30.9 Å². The molecule has 110 valence electrons. The van der Waals surface area contributed by atoms with Gasteiger partial charge < -0.3 is 15.5 Å². The Morgan fingerprint density at radius 2 is 2.05 bits per heavy atom. The molecular weight excluding hydrogens is 250 g/mol. The predicted octanol–water partition coefficient (Wildman–Crippen LogP) is 2.61. The van der Waals surface area contributed by atoms with Crippen LogP contribution >= 0.6 is 0 Å². The van der Waals surface area contributed by atoms with E-state index >= 15 is 0 Å². The molecule has 0 aliphatic carbocycles. The minimum Gasteiger partial charge on any atom is -0.378 e. The number of anilines is 2. The van der Waals surface area contributed by atoms with Crippen LogP contribution in [0, 0.1) is 0 Å². The first-order valence-corrected chi connectivity index (χ1v) is 7.46. The first kappa shape index (κ1) is 14.9. The standard InChI is InChI=1S/C16H25N3O/c1-19(2)15-9-6-14(7-10-15)18-16(20)11-8-13-5-3-4-12-17-13/h6-7,9-10,13,17H,3-5,8,11-12H2,1-2H3,(H,18,20). The summed E-state index contributed by atoms with van der Waals surface area (Å²) in [5, 5.41) is 6.44. The summed E-state index contributed by atoms with van der Waals surface area (Å²) >= 11 is 0. The Balaban J connectivity index is 1.75. The summed E-state index contributed by atoms with van der Waals surface area (Å²) in [6, 6.07) is 8.44. The SMILES string of the molecule is CN(C)c1ccc(NC(=O)CCC2CCCCN2)cc1. The average molecular weight is 275 g/mol. The van der Waals surface area contributed by atoms with Crippen LogP contribution in [-0.2, 0) is 4.79 Å². The van der Waals surface area contributed by atoms with Gasteiger partial charge in [0.2, 0.25) is 5.91 Å². The fraction of sp³-hybridized carbons (Fsp3) is 0.562. The van der Waals surface area contributed by atoms with Gasteiger partial charge in [0.15, 0.2) is 0 Å². The van der Waals surface area contributed by atoms with E-state index in [9.17, 15) is 4.79 Å². The zero-order chi connectivity index (χ0) is 14.4. The van der Waals surface area contributed by atoms with Crippen molar-refractivity contribution in [3.05, 3.63) is 24.3 Å². The molecule has 0 aromatic heterocycles. The molecule has 0 saturated carbocycles. The van der Waals surface area contributed by atoms with Gasteiger partial charge in [0.1, 0.15) is 0 Å². The lowest BCUT2D eigenvalue weighted by Crippen LogP contribution is -2.34. The smallest absolute Gasteiger partial charge is 0.224 e. The molecule has 1 aliphatic heterocycles. The van der Waals surface area contributed by atoms with Crippen LogP contribution in [0.25, 0.3) is 0 Å². The highest BCUT2D eigenvalue weighted by Gasteiger charge is 2.14. The first-order valence-electron chi connectivity index (χ1n) is 7.46. The Labute approximate surface area is 121 Å². The molecule has 1 fully saturated rings. The van der Waals surface area contributed by atoms with E-state index in [1.165, 1.54) is 19.3 Å². The van der Waals surface area contributed by atoms with Gasteiger partial charge in [-0.1, -0.05) is 6.42 Å². The van der Waals surface area contributed by atoms with Crippen LogP contribution in [0.15, 0.2) is 24.3 Å². The van der Waals surface area contributed by atoms with Crippen molar-refractivity contribution < 1.29 is 4.79 Å². The number of rotatable bonds is 5. The molecule has 0 spiro atoms. The maximum atomic E-state index is 11.9. The lowest BCUT2D eigenvalue weighted by Gasteiger charge is -2.23. The maximum Gasteiger partial charge on any atom is 0.224 e. The Kier molecular flexibility index (Phi) is 5.41. The van der Waals surface area contributed by atoms with E-state index in [-0.39, 0.29) is 5.91 Å². The van der Waals surface area contributed by atoms with Crippen LogP contribution in [0.3, 0.4) is 0 Å². The van der Waals surface area contributed by atoms with Crippen molar-refractivity contribution in [2.24, 2.45) is 0 Å². The van der Waals surface area contributed by atoms with Crippen molar-refractivity contribution in [3.8, 4) is 0 Å². The fourth-order valence-electron chi connectivity index (χ4n) is 2.54. The lowest BCUT2D eigenvalue weighted by molar-refractivity contribution is -0.116. The zero-order valence-electron chi connectivity index (χ0n) is 12.5. The average Bonchev–Trinajstić information content (AvgIpc) is 2.47. The van der Waals surface area contributed by atoms with Crippen LogP contribution in [0.2, 0.25) is 0 Å². The third-order valence-electron chi connectivity index (χ3n) is 3.80. The van der Waals surface area contributed by atoms with Crippen LogP contribution < -0.4 is 15.5 Å². The summed E-state index contributed by atoms with van der Waals surface area (Å²) in [6.07, 6.45) is 5.27. The minimum atomic E-state index is 0.106. The predicted molar refractivity (Wildman–Crippen MR) is 84.3 cm³/mol. The molecule has 4 nitrogen and oxygen atoms in total. The van der Waals surface area contributed by atoms with Gasteiger partial charge in [0, 0.05) is 37.9 Å². The van der Waals surface area contributed by atoms with Crippen LogP contribution in [0.4, 0.5) is 11.4 Å². The third kappa shape index (κ3) is 4.53. The highest BCUT2D eigenvalue weighted by Crippen LogP contribution is 2.16. The van der Waals surface area contributed by atoms with Gasteiger partial charge in [-0.3, -0.25) is 4.79 Å². The van der Waals surface area contributed by atoms with E-state index in [0.29, 0.717) is 12.5 Å². The summed E-state index contributed by atoms with van der Waals surface area (Å²) in [4.78, 5) is 14.0. The van der Waals surface area contributed by atoms with Crippen molar-refractivity contribution in [3.63, 3.8) is 0 Å². The number of carbonyl (C=O) groups excluding carboxylic acids is 1. The molecule has 2 rings (SSSR count).